The van der Waals surface area contributed by atoms with Crippen LogP contribution in [0.2, 0.25) is 0 Å². The zero-order valence-corrected chi connectivity index (χ0v) is 11.5. The number of aromatic amines is 1. The average molecular weight is 316 g/mol. The summed E-state index contributed by atoms with van der Waals surface area (Å²) in [7, 11) is 0. The van der Waals surface area contributed by atoms with Crippen molar-refractivity contribution in [3.63, 3.8) is 0 Å². The van der Waals surface area contributed by atoms with E-state index in [1.54, 1.807) is 0 Å². The molecule has 0 bridgehead atoms. The van der Waals surface area contributed by atoms with Gasteiger partial charge in [0.1, 0.15) is 11.6 Å². The van der Waals surface area contributed by atoms with Gasteiger partial charge in [0.05, 0.1) is 22.4 Å². The Balaban J connectivity index is 2.13. The summed E-state index contributed by atoms with van der Waals surface area (Å²) in [5.74, 6) is -0.553. The van der Waals surface area contributed by atoms with Crippen LogP contribution in [0.3, 0.4) is 0 Å². The Morgan fingerprint density at radius 1 is 1.33 bits per heavy atom. The van der Waals surface area contributed by atoms with E-state index >= 15 is 0 Å². The maximum Gasteiger partial charge on any atom is 0.163 e. The Hall–Kier alpha value is -1.43. The van der Waals surface area contributed by atoms with Crippen LogP contribution in [0.5, 0.6) is 0 Å². The molecule has 1 aromatic heterocycles. The minimum Gasteiger partial charge on any atom is -0.375 e. The molecule has 1 heterocycles. The smallest absolute Gasteiger partial charge is 0.163 e. The second-order valence-electron chi connectivity index (χ2n) is 3.97. The quantitative estimate of drug-likeness (QED) is 0.848. The number of hydrogen-bond donors (Lipinski definition) is 2. The summed E-state index contributed by atoms with van der Waals surface area (Å²) in [6, 6.07) is 2.56. The van der Waals surface area contributed by atoms with Crippen LogP contribution in [0.15, 0.2) is 16.6 Å². The van der Waals surface area contributed by atoms with Crippen LogP contribution in [-0.2, 0) is 6.54 Å². The molecule has 0 radical (unpaired) electrons. The fourth-order valence-corrected chi connectivity index (χ4v) is 1.89. The summed E-state index contributed by atoms with van der Waals surface area (Å²) < 4.78 is 26.5. The zero-order chi connectivity index (χ0) is 13.3. The normalized spacial score (nSPS) is 10.7. The lowest BCUT2D eigenvalue weighted by Gasteiger charge is -2.07. The molecule has 0 fully saturated rings. The number of aryl methyl sites for hydroxylation is 2. The molecule has 2 aromatic rings. The Morgan fingerprint density at radius 3 is 2.67 bits per heavy atom. The molecule has 18 heavy (non-hydrogen) atoms. The number of anilines is 1. The van der Waals surface area contributed by atoms with E-state index in [9.17, 15) is 8.78 Å². The summed E-state index contributed by atoms with van der Waals surface area (Å²) in [6.45, 7) is 4.16. The maximum absolute atomic E-state index is 13.7. The summed E-state index contributed by atoms with van der Waals surface area (Å²) in [5, 5.41) is 2.87. The molecule has 0 amide bonds. The van der Waals surface area contributed by atoms with E-state index in [0.717, 1.165) is 11.4 Å². The molecule has 2 N–H and O–H groups in total. The highest BCUT2D eigenvalue weighted by atomic mass is 79.9. The second kappa shape index (κ2) is 5.06. The van der Waals surface area contributed by atoms with E-state index in [1.165, 1.54) is 12.1 Å². The summed E-state index contributed by atoms with van der Waals surface area (Å²) in [5.41, 5.74) is 2.12. The molecule has 0 spiro atoms. The third kappa shape index (κ3) is 2.53. The molecule has 0 aliphatic rings. The van der Waals surface area contributed by atoms with E-state index in [4.69, 9.17) is 0 Å². The molecule has 0 aliphatic heterocycles. The highest BCUT2D eigenvalue weighted by Gasteiger charge is 2.11. The highest BCUT2D eigenvalue weighted by Crippen LogP contribution is 2.26. The standard InChI is InChI=1S/C12H12BrF2N3/c1-6-7(2)18-10(17-6)5-16-9-4-3-8(14)11(13)12(9)15/h3-4,16H,5H2,1-2H3,(H,17,18). The number of imidazole rings is 1. The van der Waals surface area contributed by atoms with Gasteiger partial charge in [0, 0.05) is 5.69 Å². The molecule has 6 heteroatoms. The minimum absolute atomic E-state index is 0.167. The lowest BCUT2D eigenvalue weighted by molar-refractivity contribution is 0.573. The van der Waals surface area contributed by atoms with Gasteiger partial charge >= 0.3 is 0 Å². The Labute approximate surface area is 112 Å². The number of nitrogens with one attached hydrogen (secondary N) is 2. The SMILES string of the molecule is Cc1nc(CNc2ccc(F)c(Br)c2F)[nH]c1C. The van der Waals surface area contributed by atoms with Crippen molar-refractivity contribution in [3.05, 3.63) is 45.5 Å². The molecule has 3 nitrogen and oxygen atoms in total. The number of H-pyrrole nitrogens is 1. The molecule has 0 saturated carbocycles. The van der Waals surface area contributed by atoms with E-state index < -0.39 is 11.6 Å². The third-order valence-electron chi connectivity index (χ3n) is 2.66. The van der Waals surface area contributed by atoms with Crippen molar-refractivity contribution in [2.24, 2.45) is 0 Å². The van der Waals surface area contributed by atoms with Crippen molar-refractivity contribution in [2.75, 3.05) is 5.32 Å². The molecule has 2 rings (SSSR count). The van der Waals surface area contributed by atoms with Crippen molar-refractivity contribution in [1.82, 2.24) is 9.97 Å². The topological polar surface area (TPSA) is 40.7 Å². The number of rotatable bonds is 3. The molecule has 1 aromatic carbocycles. The van der Waals surface area contributed by atoms with Gasteiger partial charge in [-0.1, -0.05) is 0 Å². The second-order valence-corrected chi connectivity index (χ2v) is 4.76. The Morgan fingerprint density at radius 2 is 2.06 bits per heavy atom. The molecule has 0 unspecified atom stereocenters. The lowest BCUT2D eigenvalue weighted by atomic mass is 10.3. The van der Waals surface area contributed by atoms with Crippen LogP contribution in [-0.4, -0.2) is 9.97 Å². The van der Waals surface area contributed by atoms with Gasteiger partial charge in [0.25, 0.3) is 0 Å². The Bertz CT molecular complexity index is 561. The first-order valence-electron chi connectivity index (χ1n) is 5.38. The Kier molecular flexibility index (Phi) is 3.65. The highest BCUT2D eigenvalue weighted by molar-refractivity contribution is 9.10. The average Bonchev–Trinajstić information content (AvgIpc) is 2.65. The third-order valence-corrected chi connectivity index (χ3v) is 3.39. The van der Waals surface area contributed by atoms with Gasteiger partial charge in [-0.25, -0.2) is 13.8 Å². The van der Waals surface area contributed by atoms with Crippen LogP contribution in [0.1, 0.15) is 17.2 Å². The van der Waals surface area contributed by atoms with Gasteiger partial charge in [0.15, 0.2) is 5.82 Å². The van der Waals surface area contributed by atoms with Gasteiger partial charge in [-0.2, -0.15) is 0 Å². The number of benzene rings is 1. The van der Waals surface area contributed by atoms with Gasteiger partial charge in [-0.3, -0.25) is 0 Å². The van der Waals surface area contributed by atoms with Crippen LogP contribution >= 0.6 is 15.9 Å². The van der Waals surface area contributed by atoms with Gasteiger partial charge in [-0.15, -0.1) is 0 Å². The summed E-state index contributed by atoms with van der Waals surface area (Å²) in [4.78, 5) is 7.35. The van der Waals surface area contributed by atoms with Crippen molar-refractivity contribution < 1.29 is 8.78 Å². The molecule has 96 valence electrons. The lowest BCUT2D eigenvalue weighted by Crippen LogP contribution is -2.04. The first-order valence-corrected chi connectivity index (χ1v) is 6.17. The van der Waals surface area contributed by atoms with Crippen molar-refractivity contribution >= 4 is 21.6 Å². The predicted octanol–water partition coefficient (Wildman–Crippen LogP) is 3.68. The summed E-state index contributed by atoms with van der Waals surface area (Å²) in [6.07, 6.45) is 0. The first-order chi connectivity index (χ1) is 8.49. The molecular formula is C12H12BrF2N3. The van der Waals surface area contributed by atoms with Crippen molar-refractivity contribution in [2.45, 2.75) is 20.4 Å². The molecule has 0 saturated heterocycles. The van der Waals surface area contributed by atoms with Crippen LogP contribution < -0.4 is 5.32 Å². The van der Waals surface area contributed by atoms with Crippen molar-refractivity contribution in [1.29, 1.82) is 0 Å². The number of halogens is 3. The number of nitrogens with zero attached hydrogens (tertiary/aromatic N) is 1. The number of aromatic nitrogens is 2. The van der Waals surface area contributed by atoms with E-state index in [2.05, 4.69) is 31.2 Å². The van der Waals surface area contributed by atoms with Gasteiger partial charge < -0.3 is 10.3 Å². The zero-order valence-electron chi connectivity index (χ0n) is 9.94. The largest absolute Gasteiger partial charge is 0.375 e. The van der Waals surface area contributed by atoms with Crippen LogP contribution in [0, 0.1) is 25.5 Å². The van der Waals surface area contributed by atoms with E-state index in [0.29, 0.717) is 12.4 Å². The predicted molar refractivity (Wildman–Crippen MR) is 69.4 cm³/mol. The number of hydrogen-bond acceptors (Lipinski definition) is 2. The van der Waals surface area contributed by atoms with Gasteiger partial charge in [-0.05, 0) is 41.9 Å². The molecule has 0 aliphatic carbocycles. The van der Waals surface area contributed by atoms with Crippen LogP contribution in [0.25, 0.3) is 0 Å². The fourth-order valence-electron chi connectivity index (χ4n) is 1.55. The van der Waals surface area contributed by atoms with E-state index in [-0.39, 0.29) is 10.2 Å². The van der Waals surface area contributed by atoms with E-state index in [1.807, 2.05) is 13.8 Å². The summed E-state index contributed by atoms with van der Waals surface area (Å²) >= 11 is 2.86. The first kappa shape index (κ1) is 13.0. The fraction of sp³-hybridized carbons (Fsp3) is 0.250. The van der Waals surface area contributed by atoms with Gasteiger partial charge in [0.2, 0.25) is 0 Å². The van der Waals surface area contributed by atoms with Crippen molar-refractivity contribution in [3.8, 4) is 0 Å². The molecule has 0 atom stereocenters. The molecular weight excluding hydrogens is 304 g/mol. The minimum atomic E-state index is -0.644. The van der Waals surface area contributed by atoms with Crippen LogP contribution in [0.4, 0.5) is 14.5 Å². The maximum atomic E-state index is 13.7. The monoisotopic (exact) mass is 315 g/mol.